The van der Waals surface area contributed by atoms with Crippen molar-refractivity contribution in [3.63, 3.8) is 0 Å². The summed E-state index contributed by atoms with van der Waals surface area (Å²) in [7, 11) is 0. The molecule has 1 atom stereocenters. The first kappa shape index (κ1) is 21.7. The van der Waals surface area contributed by atoms with Crippen LogP contribution in [-0.2, 0) is 14.3 Å². The van der Waals surface area contributed by atoms with Crippen molar-refractivity contribution in [3.05, 3.63) is 12.2 Å². The first-order chi connectivity index (χ1) is 12.2. The highest BCUT2D eigenvalue weighted by atomic mass is 16.5. The Balaban J connectivity index is 1.80. The van der Waals surface area contributed by atoms with E-state index in [0.29, 0.717) is 19.4 Å². The van der Waals surface area contributed by atoms with Crippen molar-refractivity contribution in [1.82, 2.24) is 5.32 Å². The average molecular weight is 352 g/mol. The maximum atomic E-state index is 11.7. The molecule has 25 heavy (non-hydrogen) atoms. The largest absolute Gasteiger partial charge is 0.464 e. The lowest BCUT2D eigenvalue weighted by Crippen LogP contribution is -2.34. The monoisotopic (exact) mass is 351 g/mol. The summed E-state index contributed by atoms with van der Waals surface area (Å²) in [6, 6.07) is -0.411. The van der Waals surface area contributed by atoms with Crippen LogP contribution in [0.15, 0.2) is 12.2 Å². The fourth-order valence-electron chi connectivity index (χ4n) is 3.06. The molecular weight excluding hydrogens is 314 g/mol. The van der Waals surface area contributed by atoms with Gasteiger partial charge in [0.15, 0.2) is 0 Å². The van der Waals surface area contributed by atoms with Gasteiger partial charge in [-0.2, -0.15) is 0 Å². The summed E-state index contributed by atoms with van der Waals surface area (Å²) < 4.78 is 5.22. The number of amides is 1. The smallest absolute Gasteiger partial charge is 0.328 e. The first-order valence-electron chi connectivity index (χ1n) is 10.3. The zero-order chi connectivity index (χ0) is 18.2. The molecule has 0 spiro atoms. The molecule has 4 heteroatoms. The Hall–Kier alpha value is -1.32. The van der Waals surface area contributed by atoms with E-state index in [1.807, 2.05) is 0 Å². The Labute approximate surface area is 153 Å². The minimum Gasteiger partial charge on any atom is -0.464 e. The van der Waals surface area contributed by atoms with Gasteiger partial charge >= 0.3 is 5.97 Å². The van der Waals surface area contributed by atoms with E-state index in [2.05, 4.69) is 24.4 Å². The van der Waals surface area contributed by atoms with Gasteiger partial charge in [0.2, 0.25) is 5.91 Å². The van der Waals surface area contributed by atoms with E-state index in [4.69, 9.17) is 4.74 Å². The van der Waals surface area contributed by atoms with Crippen LogP contribution < -0.4 is 5.32 Å². The molecular formula is C21H37NO3. The van der Waals surface area contributed by atoms with Crippen molar-refractivity contribution in [2.45, 2.75) is 103 Å². The molecule has 0 aromatic heterocycles. The minimum absolute atomic E-state index is 0.0486. The lowest BCUT2D eigenvalue weighted by atomic mass is 10.1. The van der Waals surface area contributed by atoms with E-state index < -0.39 is 6.04 Å². The molecule has 0 radical (unpaired) electrons. The standard InChI is InChI=1S/C21H37NO3/c1-2-3-4-5-6-7-8-9-10-11-12-13-14-15-18-25-21(24)19-16-17-20(23)22-19/h8-9,19H,2-7,10-18H2,1H3,(H,22,23)/b9-8+/t19-/m0/s1. The lowest BCUT2D eigenvalue weighted by molar-refractivity contribution is -0.146. The van der Waals surface area contributed by atoms with Crippen LogP contribution in [0.4, 0.5) is 0 Å². The second-order valence-corrected chi connectivity index (χ2v) is 7.06. The molecule has 1 N–H and O–H groups in total. The number of carbonyl (C=O) groups excluding carboxylic acids is 2. The predicted molar refractivity (Wildman–Crippen MR) is 102 cm³/mol. The van der Waals surface area contributed by atoms with Gasteiger partial charge in [-0.15, -0.1) is 0 Å². The molecule has 0 aromatic carbocycles. The number of ether oxygens (including phenoxy) is 1. The summed E-state index contributed by atoms with van der Waals surface area (Å²) in [4.78, 5) is 22.7. The zero-order valence-electron chi connectivity index (χ0n) is 16.1. The van der Waals surface area contributed by atoms with Crippen LogP contribution in [0.2, 0.25) is 0 Å². The Kier molecular flexibility index (Phi) is 13.0. The third-order valence-corrected chi connectivity index (χ3v) is 4.68. The molecule has 0 bridgehead atoms. The van der Waals surface area contributed by atoms with Crippen LogP contribution in [0.1, 0.15) is 96.8 Å². The molecule has 0 saturated carbocycles. The van der Waals surface area contributed by atoms with Crippen LogP contribution in [-0.4, -0.2) is 24.5 Å². The second kappa shape index (κ2) is 15.0. The highest BCUT2D eigenvalue weighted by Gasteiger charge is 2.28. The molecule has 1 aliphatic rings. The number of nitrogens with one attached hydrogen (secondary N) is 1. The highest BCUT2D eigenvalue weighted by Crippen LogP contribution is 2.10. The topological polar surface area (TPSA) is 55.4 Å². The van der Waals surface area contributed by atoms with Crippen LogP contribution in [0.5, 0.6) is 0 Å². The molecule has 1 amide bonds. The SMILES string of the molecule is CCCCCCC/C=C/CCCCCCCOC(=O)[C@@H]1CCC(=O)N1. The number of rotatable bonds is 15. The van der Waals surface area contributed by atoms with Gasteiger partial charge in [-0.05, 0) is 38.5 Å². The molecule has 0 unspecified atom stereocenters. The second-order valence-electron chi connectivity index (χ2n) is 7.06. The minimum atomic E-state index is -0.411. The van der Waals surface area contributed by atoms with Crippen molar-refractivity contribution < 1.29 is 14.3 Å². The number of unbranched alkanes of at least 4 members (excludes halogenated alkanes) is 10. The lowest BCUT2D eigenvalue weighted by Gasteiger charge is -2.09. The number of carbonyl (C=O) groups is 2. The predicted octanol–water partition coefficient (Wildman–Crippen LogP) is 5.07. The third kappa shape index (κ3) is 11.8. The Morgan fingerprint density at radius 3 is 2.20 bits per heavy atom. The van der Waals surface area contributed by atoms with Gasteiger partial charge in [0.05, 0.1) is 6.61 Å². The molecule has 1 rings (SSSR count). The van der Waals surface area contributed by atoms with Gasteiger partial charge in [-0.25, -0.2) is 4.79 Å². The highest BCUT2D eigenvalue weighted by molar-refractivity contribution is 5.87. The molecule has 1 heterocycles. The third-order valence-electron chi connectivity index (χ3n) is 4.68. The molecule has 0 aromatic rings. The number of hydrogen-bond donors (Lipinski definition) is 1. The maximum absolute atomic E-state index is 11.7. The summed E-state index contributed by atoms with van der Waals surface area (Å²) in [6.45, 7) is 2.73. The van der Waals surface area contributed by atoms with Crippen LogP contribution in [0.25, 0.3) is 0 Å². The van der Waals surface area contributed by atoms with E-state index in [9.17, 15) is 9.59 Å². The first-order valence-corrected chi connectivity index (χ1v) is 10.3. The molecule has 1 fully saturated rings. The Bertz CT molecular complexity index is 393. The molecule has 0 aliphatic carbocycles. The van der Waals surface area contributed by atoms with E-state index in [1.165, 1.54) is 64.2 Å². The number of hydrogen-bond acceptors (Lipinski definition) is 3. The van der Waals surface area contributed by atoms with Crippen molar-refractivity contribution in [1.29, 1.82) is 0 Å². The van der Waals surface area contributed by atoms with Crippen molar-refractivity contribution >= 4 is 11.9 Å². The quantitative estimate of drug-likeness (QED) is 0.255. The van der Waals surface area contributed by atoms with Gasteiger partial charge in [-0.3, -0.25) is 4.79 Å². The summed E-state index contributed by atoms with van der Waals surface area (Å²) in [5, 5.41) is 2.64. The zero-order valence-corrected chi connectivity index (χ0v) is 16.1. The van der Waals surface area contributed by atoms with Crippen molar-refractivity contribution in [2.24, 2.45) is 0 Å². The Morgan fingerprint density at radius 2 is 1.60 bits per heavy atom. The van der Waals surface area contributed by atoms with E-state index >= 15 is 0 Å². The maximum Gasteiger partial charge on any atom is 0.328 e. The summed E-state index contributed by atoms with van der Waals surface area (Å²) >= 11 is 0. The molecule has 144 valence electrons. The normalized spacial score (nSPS) is 17.2. The van der Waals surface area contributed by atoms with E-state index in [1.54, 1.807) is 0 Å². The Morgan fingerprint density at radius 1 is 1.00 bits per heavy atom. The number of esters is 1. The van der Waals surface area contributed by atoms with Crippen molar-refractivity contribution in [2.75, 3.05) is 6.61 Å². The van der Waals surface area contributed by atoms with Gasteiger partial charge in [0, 0.05) is 6.42 Å². The molecule has 4 nitrogen and oxygen atoms in total. The van der Waals surface area contributed by atoms with Gasteiger partial charge in [-0.1, -0.05) is 64.0 Å². The number of allylic oxidation sites excluding steroid dienone is 2. The summed E-state index contributed by atoms with van der Waals surface area (Å²) in [5.74, 6) is -0.321. The van der Waals surface area contributed by atoms with Crippen LogP contribution in [0.3, 0.4) is 0 Å². The molecule has 1 saturated heterocycles. The van der Waals surface area contributed by atoms with Crippen LogP contribution >= 0.6 is 0 Å². The summed E-state index contributed by atoms with van der Waals surface area (Å²) in [5.41, 5.74) is 0. The van der Waals surface area contributed by atoms with Gasteiger partial charge < -0.3 is 10.1 Å². The fourth-order valence-corrected chi connectivity index (χ4v) is 3.06. The van der Waals surface area contributed by atoms with E-state index in [0.717, 1.165) is 12.8 Å². The average Bonchev–Trinajstić information content (AvgIpc) is 3.04. The van der Waals surface area contributed by atoms with E-state index in [-0.39, 0.29) is 11.9 Å². The van der Waals surface area contributed by atoms with Crippen LogP contribution in [0, 0.1) is 0 Å². The molecule has 1 aliphatic heterocycles. The van der Waals surface area contributed by atoms with Gasteiger partial charge in [0.25, 0.3) is 0 Å². The fraction of sp³-hybridized carbons (Fsp3) is 0.810. The van der Waals surface area contributed by atoms with Gasteiger partial charge in [0.1, 0.15) is 6.04 Å². The summed E-state index contributed by atoms with van der Waals surface area (Å²) in [6.07, 6.45) is 20.6. The van der Waals surface area contributed by atoms with Crippen molar-refractivity contribution in [3.8, 4) is 0 Å².